The van der Waals surface area contributed by atoms with E-state index < -0.39 is 5.41 Å². The molecule has 0 bridgehead atoms. The zero-order chi connectivity index (χ0) is 19.4. The van der Waals surface area contributed by atoms with Gasteiger partial charge in [-0.25, -0.2) is 9.18 Å². The van der Waals surface area contributed by atoms with Crippen molar-refractivity contribution in [1.82, 2.24) is 5.32 Å². The van der Waals surface area contributed by atoms with Gasteiger partial charge in [0.1, 0.15) is 5.82 Å². The van der Waals surface area contributed by atoms with Crippen molar-refractivity contribution in [1.29, 1.82) is 0 Å². The van der Waals surface area contributed by atoms with Gasteiger partial charge in [0, 0.05) is 17.4 Å². The van der Waals surface area contributed by atoms with Crippen LogP contribution in [0.2, 0.25) is 0 Å². The molecule has 1 aliphatic carbocycles. The van der Waals surface area contributed by atoms with E-state index in [1.807, 2.05) is 19.9 Å². The Bertz CT molecular complexity index is 830. The highest BCUT2D eigenvalue weighted by Gasteiger charge is 2.45. The minimum Gasteiger partial charge on any atom is -0.336 e. The standard InChI is InChI=1S/C21H24FN3O2/c1-14(2)23-20(27)25-18-9-7-17(8-10-18)24-19(26)21(11-4-12-21)15-5-3-6-16(22)13-15/h3,5-10,13-14H,4,11-12H2,1-2H3,(H,24,26)(H2,23,25,27). The Morgan fingerprint density at radius 3 is 2.15 bits per heavy atom. The lowest BCUT2D eigenvalue weighted by Crippen LogP contribution is -2.46. The zero-order valence-corrected chi connectivity index (χ0v) is 15.5. The Kier molecular flexibility index (Phi) is 5.44. The van der Waals surface area contributed by atoms with Crippen LogP contribution in [0.4, 0.5) is 20.6 Å². The molecule has 0 aromatic heterocycles. The molecule has 2 aromatic carbocycles. The Hall–Kier alpha value is -2.89. The second-order valence-corrected chi connectivity index (χ2v) is 7.23. The molecule has 0 aliphatic heterocycles. The van der Waals surface area contributed by atoms with Crippen LogP contribution in [-0.4, -0.2) is 18.0 Å². The summed E-state index contributed by atoms with van der Waals surface area (Å²) in [4.78, 5) is 24.6. The fourth-order valence-electron chi connectivity index (χ4n) is 3.28. The molecule has 1 fully saturated rings. The second kappa shape index (κ2) is 7.78. The molecular formula is C21H24FN3O2. The normalized spacial score (nSPS) is 15.0. The lowest BCUT2D eigenvalue weighted by Gasteiger charge is -2.40. The molecule has 0 atom stereocenters. The summed E-state index contributed by atoms with van der Waals surface area (Å²) in [6.45, 7) is 3.76. The number of nitrogens with one attached hydrogen (secondary N) is 3. The van der Waals surface area contributed by atoms with Crippen LogP contribution in [-0.2, 0) is 10.2 Å². The van der Waals surface area contributed by atoms with Gasteiger partial charge in [-0.15, -0.1) is 0 Å². The van der Waals surface area contributed by atoms with Crippen molar-refractivity contribution in [3.05, 3.63) is 59.9 Å². The first-order chi connectivity index (χ1) is 12.9. The molecule has 0 heterocycles. The Morgan fingerprint density at radius 2 is 1.63 bits per heavy atom. The molecule has 3 amide bonds. The number of amides is 3. The van der Waals surface area contributed by atoms with Crippen molar-refractivity contribution >= 4 is 23.3 Å². The topological polar surface area (TPSA) is 70.2 Å². The highest BCUT2D eigenvalue weighted by molar-refractivity contribution is 6.00. The molecule has 1 aliphatic rings. The predicted octanol–water partition coefficient (Wildman–Crippen LogP) is 4.42. The van der Waals surface area contributed by atoms with E-state index >= 15 is 0 Å². The third-order valence-electron chi connectivity index (χ3n) is 4.84. The zero-order valence-electron chi connectivity index (χ0n) is 15.5. The Labute approximate surface area is 158 Å². The number of benzene rings is 2. The van der Waals surface area contributed by atoms with Gasteiger partial charge in [0.25, 0.3) is 0 Å². The van der Waals surface area contributed by atoms with Gasteiger partial charge in [-0.2, -0.15) is 0 Å². The molecule has 6 heteroatoms. The lowest BCUT2D eigenvalue weighted by molar-refractivity contribution is -0.124. The molecule has 5 nitrogen and oxygen atoms in total. The number of hydrogen-bond donors (Lipinski definition) is 3. The summed E-state index contributed by atoms with van der Waals surface area (Å²) in [5.74, 6) is -0.459. The molecular weight excluding hydrogens is 345 g/mol. The molecule has 142 valence electrons. The van der Waals surface area contributed by atoms with Gasteiger partial charge in [-0.1, -0.05) is 18.6 Å². The highest BCUT2D eigenvalue weighted by atomic mass is 19.1. The number of hydrogen-bond acceptors (Lipinski definition) is 2. The van der Waals surface area contributed by atoms with E-state index in [9.17, 15) is 14.0 Å². The van der Waals surface area contributed by atoms with Crippen molar-refractivity contribution < 1.29 is 14.0 Å². The van der Waals surface area contributed by atoms with E-state index in [2.05, 4.69) is 16.0 Å². The van der Waals surface area contributed by atoms with Crippen molar-refractivity contribution in [3.8, 4) is 0 Å². The van der Waals surface area contributed by atoms with E-state index in [0.717, 1.165) is 12.0 Å². The number of anilines is 2. The van der Waals surface area contributed by atoms with E-state index in [-0.39, 0.29) is 23.8 Å². The first-order valence-electron chi connectivity index (χ1n) is 9.14. The average Bonchev–Trinajstić information content (AvgIpc) is 2.55. The third kappa shape index (κ3) is 4.27. The molecule has 0 radical (unpaired) electrons. The van der Waals surface area contributed by atoms with Gasteiger partial charge < -0.3 is 16.0 Å². The van der Waals surface area contributed by atoms with Gasteiger partial charge >= 0.3 is 6.03 Å². The maximum absolute atomic E-state index is 13.6. The van der Waals surface area contributed by atoms with E-state index in [0.29, 0.717) is 24.2 Å². The van der Waals surface area contributed by atoms with E-state index in [1.165, 1.54) is 12.1 Å². The van der Waals surface area contributed by atoms with Gasteiger partial charge in [0.2, 0.25) is 5.91 Å². The van der Waals surface area contributed by atoms with E-state index in [4.69, 9.17) is 0 Å². The maximum atomic E-state index is 13.6. The fourth-order valence-corrected chi connectivity index (χ4v) is 3.28. The van der Waals surface area contributed by atoms with Crippen molar-refractivity contribution in [2.45, 2.75) is 44.6 Å². The number of rotatable bonds is 5. The van der Waals surface area contributed by atoms with Crippen LogP contribution < -0.4 is 16.0 Å². The van der Waals surface area contributed by atoms with Gasteiger partial charge in [-0.3, -0.25) is 4.79 Å². The van der Waals surface area contributed by atoms with Crippen LogP contribution in [0.1, 0.15) is 38.7 Å². The lowest BCUT2D eigenvalue weighted by atomic mass is 9.63. The first-order valence-corrected chi connectivity index (χ1v) is 9.14. The summed E-state index contributed by atoms with van der Waals surface area (Å²) < 4.78 is 13.6. The van der Waals surface area contributed by atoms with Crippen LogP contribution in [0.3, 0.4) is 0 Å². The summed E-state index contributed by atoms with van der Waals surface area (Å²) in [5.41, 5.74) is 1.32. The molecule has 27 heavy (non-hydrogen) atoms. The fraction of sp³-hybridized carbons (Fsp3) is 0.333. The number of halogens is 1. The molecule has 0 unspecified atom stereocenters. The summed E-state index contributed by atoms with van der Waals surface area (Å²) in [6, 6.07) is 13.0. The SMILES string of the molecule is CC(C)NC(=O)Nc1ccc(NC(=O)C2(c3cccc(F)c3)CCC2)cc1. The summed E-state index contributed by atoms with van der Waals surface area (Å²) in [6.07, 6.45) is 2.35. The van der Waals surface area contributed by atoms with Crippen molar-refractivity contribution in [2.75, 3.05) is 10.6 Å². The average molecular weight is 369 g/mol. The van der Waals surface area contributed by atoms with Gasteiger partial charge in [-0.05, 0) is 68.7 Å². The van der Waals surface area contributed by atoms with Crippen LogP contribution in [0, 0.1) is 5.82 Å². The largest absolute Gasteiger partial charge is 0.336 e. The van der Waals surface area contributed by atoms with Gasteiger partial charge in [0.15, 0.2) is 0 Å². The molecule has 0 spiro atoms. The molecule has 2 aromatic rings. The van der Waals surface area contributed by atoms with Crippen LogP contribution in [0.25, 0.3) is 0 Å². The number of carbonyl (C=O) groups excluding carboxylic acids is 2. The number of carbonyl (C=O) groups is 2. The van der Waals surface area contributed by atoms with Gasteiger partial charge in [0.05, 0.1) is 5.41 Å². The van der Waals surface area contributed by atoms with Crippen LogP contribution in [0.5, 0.6) is 0 Å². The molecule has 0 saturated heterocycles. The maximum Gasteiger partial charge on any atom is 0.319 e. The monoisotopic (exact) mass is 369 g/mol. The minimum absolute atomic E-state index is 0.0463. The van der Waals surface area contributed by atoms with Crippen LogP contribution in [0.15, 0.2) is 48.5 Å². The summed E-state index contributed by atoms with van der Waals surface area (Å²) in [7, 11) is 0. The smallest absolute Gasteiger partial charge is 0.319 e. The summed E-state index contributed by atoms with van der Waals surface area (Å²) >= 11 is 0. The summed E-state index contributed by atoms with van der Waals surface area (Å²) in [5, 5.41) is 8.41. The molecule has 1 saturated carbocycles. The molecule has 3 N–H and O–H groups in total. The predicted molar refractivity (Wildman–Crippen MR) is 104 cm³/mol. The van der Waals surface area contributed by atoms with E-state index in [1.54, 1.807) is 30.3 Å². The second-order valence-electron chi connectivity index (χ2n) is 7.23. The Morgan fingerprint density at radius 1 is 1.00 bits per heavy atom. The first kappa shape index (κ1) is 18.9. The van der Waals surface area contributed by atoms with Crippen molar-refractivity contribution in [2.24, 2.45) is 0 Å². The molecule has 3 rings (SSSR count). The minimum atomic E-state index is -0.670. The quantitative estimate of drug-likeness (QED) is 0.730. The number of urea groups is 1. The van der Waals surface area contributed by atoms with Crippen LogP contribution >= 0.6 is 0 Å². The Balaban J connectivity index is 1.68. The third-order valence-corrected chi connectivity index (χ3v) is 4.84. The van der Waals surface area contributed by atoms with Crippen molar-refractivity contribution in [3.63, 3.8) is 0 Å². The highest BCUT2D eigenvalue weighted by Crippen LogP contribution is 2.44.